The lowest BCUT2D eigenvalue weighted by atomic mass is 10.2. The average molecular weight is 317 g/mol. The molecule has 0 aliphatic heterocycles. The minimum Gasteiger partial charge on any atom is -0.397 e. The van der Waals surface area contributed by atoms with E-state index in [0.717, 1.165) is 10.9 Å². The number of anilines is 1. The first kappa shape index (κ1) is 11.9. The Morgan fingerprint density at radius 3 is 2.74 bits per heavy atom. The molecule has 0 bridgehead atoms. The Kier molecular flexibility index (Phi) is 2.79. The van der Waals surface area contributed by atoms with E-state index in [1.807, 2.05) is 24.3 Å². The van der Waals surface area contributed by atoms with Crippen molar-refractivity contribution in [1.82, 2.24) is 14.5 Å². The molecule has 0 spiro atoms. The fraction of sp³-hybridized carbons (Fsp3) is 0. The summed E-state index contributed by atoms with van der Waals surface area (Å²) in [6, 6.07) is 7.46. The molecule has 19 heavy (non-hydrogen) atoms. The summed E-state index contributed by atoms with van der Waals surface area (Å²) < 4.78 is 2.07. The van der Waals surface area contributed by atoms with E-state index in [4.69, 9.17) is 5.73 Å². The van der Waals surface area contributed by atoms with Crippen molar-refractivity contribution in [3.63, 3.8) is 0 Å². The summed E-state index contributed by atoms with van der Waals surface area (Å²) in [4.78, 5) is 20.4. The summed E-state index contributed by atoms with van der Waals surface area (Å²) in [6.45, 7) is 0. The highest BCUT2D eigenvalue weighted by Gasteiger charge is 2.15. The normalized spacial score (nSPS) is 10.8. The summed E-state index contributed by atoms with van der Waals surface area (Å²) in [5.74, 6) is -0.257. The molecule has 3 aromatic rings. The fourth-order valence-electron chi connectivity index (χ4n) is 1.92. The second kappa shape index (κ2) is 4.47. The average Bonchev–Trinajstić information content (AvgIpc) is 2.77. The minimum absolute atomic E-state index is 0.257. The molecule has 0 fully saturated rings. The zero-order chi connectivity index (χ0) is 13.4. The van der Waals surface area contributed by atoms with Crippen LogP contribution in [0.15, 0.2) is 47.5 Å². The number of para-hydroxylation sites is 1. The molecule has 0 amide bonds. The summed E-state index contributed by atoms with van der Waals surface area (Å²) in [5.41, 5.74) is 7.49. The smallest absolute Gasteiger partial charge is 0.282 e. The maximum Gasteiger partial charge on any atom is 0.282 e. The Morgan fingerprint density at radius 2 is 2.00 bits per heavy atom. The third-order valence-corrected chi connectivity index (χ3v) is 3.21. The van der Waals surface area contributed by atoms with Crippen LogP contribution >= 0.6 is 15.9 Å². The van der Waals surface area contributed by atoms with Crippen molar-refractivity contribution in [3.8, 4) is 0 Å². The van der Waals surface area contributed by atoms with Crippen molar-refractivity contribution in [2.45, 2.75) is 0 Å². The van der Waals surface area contributed by atoms with Crippen molar-refractivity contribution >= 4 is 38.4 Å². The Labute approximate surface area is 117 Å². The van der Waals surface area contributed by atoms with Gasteiger partial charge in [0.15, 0.2) is 0 Å². The van der Waals surface area contributed by atoms with Gasteiger partial charge >= 0.3 is 0 Å². The molecule has 3 rings (SSSR count). The van der Waals surface area contributed by atoms with Gasteiger partial charge in [-0.05, 0) is 22.0 Å². The number of nitrogen functional groups attached to an aromatic ring is 1. The van der Waals surface area contributed by atoms with Crippen LogP contribution in [0.1, 0.15) is 10.5 Å². The first-order chi connectivity index (χ1) is 9.16. The van der Waals surface area contributed by atoms with Crippen molar-refractivity contribution in [1.29, 1.82) is 0 Å². The maximum absolute atomic E-state index is 12.4. The molecule has 2 aromatic heterocycles. The zero-order valence-corrected chi connectivity index (χ0v) is 11.3. The molecule has 0 saturated carbocycles. The third-order valence-electron chi connectivity index (χ3n) is 2.80. The monoisotopic (exact) mass is 316 g/mol. The first-order valence-corrected chi connectivity index (χ1v) is 6.34. The van der Waals surface area contributed by atoms with E-state index in [-0.39, 0.29) is 11.6 Å². The van der Waals surface area contributed by atoms with Gasteiger partial charge in [-0.3, -0.25) is 9.36 Å². The molecule has 0 aliphatic rings. The van der Waals surface area contributed by atoms with Crippen LogP contribution in [0.25, 0.3) is 10.9 Å². The number of nitrogens with two attached hydrogens (primary N) is 1. The van der Waals surface area contributed by atoms with Gasteiger partial charge in [-0.1, -0.05) is 18.2 Å². The summed E-state index contributed by atoms with van der Waals surface area (Å²) in [5, 5.41) is 0.848. The van der Waals surface area contributed by atoms with E-state index in [1.165, 1.54) is 17.0 Å². The Hall–Kier alpha value is -2.21. The van der Waals surface area contributed by atoms with Crippen molar-refractivity contribution < 1.29 is 4.79 Å². The van der Waals surface area contributed by atoms with Gasteiger partial charge in [0.2, 0.25) is 0 Å². The molecular formula is C13H9BrN4O. The van der Waals surface area contributed by atoms with Gasteiger partial charge in [-0.15, -0.1) is 0 Å². The van der Waals surface area contributed by atoms with Gasteiger partial charge in [0.1, 0.15) is 10.3 Å². The van der Waals surface area contributed by atoms with E-state index >= 15 is 0 Å². The van der Waals surface area contributed by atoms with E-state index in [9.17, 15) is 4.79 Å². The number of nitrogens with zero attached hydrogens (tertiary/aromatic N) is 3. The number of benzene rings is 1. The predicted molar refractivity (Wildman–Crippen MR) is 75.8 cm³/mol. The first-order valence-electron chi connectivity index (χ1n) is 5.54. The van der Waals surface area contributed by atoms with Gasteiger partial charge < -0.3 is 5.73 Å². The molecule has 5 nitrogen and oxygen atoms in total. The molecule has 0 aliphatic carbocycles. The molecule has 6 heteroatoms. The molecule has 0 unspecified atom stereocenters. The van der Waals surface area contributed by atoms with Crippen molar-refractivity contribution in [2.75, 3.05) is 5.73 Å². The number of halogens is 1. The summed E-state index contributed by atoms with van der Waals surface area (Å²) in [6.07, 6.45) is 4.52. The van der Waals surface area contributed by atoms with Gasteiger partial charge in [0.25, 0.3) is 5.91 Å². The van der Waals surface area contributed by atoms with Crippen molar-refractivity contribution in [2.24, 2.45) is 0 Å². The standard InChI is InChI=1S/C13H9BrN4O/c14-12-6-16-10(5-17-12)13(19)18-7-9(15)8-3-1-2-4-11(8)18/h1-7H,15H2. The number of fused-ring (bicyclic) bond motifs is 1. The lowest BCUT2D eigenvalue weighted by Crippen LogP contribution is -2.12. The highest BCUT2D eigenvalue weighted by Crippen LogP contribution is 2.23. The van der Waals surface area contributed by atoms with Crippen molar-refractivity contribution in [3.05, 3.63) is 53.2 Å². The minimum atomic E-state index is -0.257. The molecule has 1 aromatic carbocycles. The topological polar surface area (TPSA) is 73.8 Å². The Balaban J connectivity index is 2.14. The number of carbonyl (C=O) groups excluding carboxylic acids is 1. The van der Waals surface area contributed by atoms with E-state index < -0.39 is 0 Å². The van der Waals surface area contributed by atoms with Gasteiger partial charge in [0, 0.05) is 11.6 Å². The molecule has 0 radical (unpaired) electrons. The third kappa shape index (κ3) is 2.00. The highest BCUT2D eigenvalue weighted by atomic mass is 79.9. The van der Waals surface area contributed by atoms with Gasteiger partial charge in [-0.2, -0.15) is 0 Å². The number of carbonyl (C=O) groups is 1. The van der Waals surface area contributed by atoms with Crippen LogP contribution in [-0.2, 0) is 0 Å². The molecule has 2 heterocycles. The van der Waals surface area contributed by atoms with E-state index in [0.29, 0.717) is 10.3 Å². The number of hydrogen-bond acceptors (Lipinski definition) is 4. The van der Waals surface area contributed by atoms with Crippen LogP contribution in [0.3, 0.4) is 0 Å². The van der Waals surface area contributed by atoms with Gasteiger partial charge in [0.05, 0.1) is 23.6 Å². The number of aromatic nitrogens is 3. The second-order valence-electron chi connectivity index (χ2n) is 4.00. The number of hydrogen-bond donors (Lipinski definition) is 1. The maximum atomic E-state index is 12.4. The van der Waals surface area contributed by atoms with Crippen LogP contribution in [0.4, 0.5) is 5.69 Å². The van der Waals surface area contributed by atoms with Crippen LogP contribution in [0.2, 0.25) is 0 Å². The Morgan fingerprint density at radius 1 is 1.21 bits per heavy atom. The van der Waals surface area contributed by atoms with Crippen LogP contribution in [0, 0.1) is 0 Å². The predicted octanol–water partition coefficient (Wildman–Crippen LogP) is 2.46. The second-order valence-corrected chi connectivity index (χ2v) is 4.81. The quantitative estimate of drug-likeness (QED) is 0.748. The van der Waals surface area contributed by atoms with Crippen LogP contribution in [-0.4, -0.2) is 20.4 Å². The van der Waals surface area contributed by atoms with Crippen LogP contribution in [0.5, 0.6) is 0 Å². The lowest BCUT2D eigenvalue weighted by molar-refractivity contribution is 0.0959. The van der Waals surface area contributed by atoms with E-state index in [1.54, 1.807) is 6.20 Å². The zero-order valence-electron chi connectivity index (χ0n) is 9.75. The van der Waals surface area contributed by atoms with Crippen LogP contribution < -0.4 is 5.73 Å². The summed E-state index contributed by atoms with van der Waals surface area (Å²) in [7, 11) is 0. The molecule has 0 atom stereocenters. The van der Waals surface area contributed by atoms with Gasteiger partial charge in [-0.25, -0.2) is 9.97 Å². The Bertz CT molecular complexity index is 764. The largest absolute Gasteiger partial charge is 0.397 e. The lowest BCUT2D eigenvalue weighted by Gasteiger charge is -2.02. The molecular weight excluding hydrogens is 308 g/mol. The molecule has 2 N–H and O–H groups in total. The molecule has 0 saturated heterocycles. The summed E-state index contributed by atoms with van der Waals surface area (Å²) >= 11 is 3.18. The van der Waals surface area contributed by atoms with E-state index in [2.05, 4.69) is 25.9 Å². The highest BCUT2D eigenvalue weighted by molar-refractivity contribution is 9.10. The number of rotatable bonds is 1. The SMILES string of the molecule is Nc1cn(C(=O)c2cnc(Br)cn2)c2ccccc12. The molecule has 94 valence electrons. The fourth-order valence-corrected chi connectivity index (χ4v) is 2.12.